The van der Waals surface area contributed by atoms with Crippen molar-refractivity contribution in [3.63, 3.8) is 0 Å². The molecule has 2 N–H and O–H groups in total. The second-order valence-corrected chi connectivity index (χ2v) is 35.6. The summed E-state index contributed by atoms with van der Waals surface area (Å²) in [7, 11) is -3.11. The fourth-order valence-corrected chi connectivity index (χ4v) is 18.4. The third kappa shape index (κ3) is 24.3. The molecule has 0 aromatic heterocycles. The number of carbonyl (C=O) groups is 2. The van der Waals surface area contributed by atoms with Gasteiger partial charge in [-0.05, 0) is 101 Å². The molecule has 0 spiro atoms. The molecule has 4 unspecified atom stereocenters. The minimum absolute atomic E-state index is 0. The van der Waals surface area contributed by atoms with Crippen LogP contribution >= 0.6 is 0 Å². The van der Waals surface area contributed by atoms with Gasteiger partial charge in [0.25, 0.3) is 0 Å². The number of ether oxygens (including phenoxy) is 2. The van der Waals surface area contributed by atoms with E-state index in [0.29, 0.717) is 43.4 Å². The Hall–Kier alpha value is -2.30. The summed E-state index contributed by atoms with van der Waals surface area (Å²) in [5.41, 5.74) is 4.81. The maximum absolute atomic E-state index is 12.8. The minimum atomic E-state index is -3.43. The molecular formula is C69H95ClF4I2NaO9S-3. The molecule has 8 bridgehead atoms. The van der Waals surface area contributed by atoms with E-state index < -0.39 is 46.1 Å². The summed E-state index contributed by atoms with van der Waals surface area (Å²) in [6.07, 6.45) is 8.02. The summed E-state index contributed by atoms with van der Waals surface area (Å²) >= 11 is -0.141. The van der Waals surface area contributed by atoms with Gasteiger partial charge in [-0.1, -0.05) is 13.8 Å². The van der Waals surface area contributed by atoms with Crippen molar-refractivity contribution < 1.29 is 144 Å². The van der Waals surface area contributed by atoms with Crippen molar-refractivity contribution in [2.24, 2.45) is 34.5 Å². The van der Waals surface area contributed by atoms with Gasteiger partial charge in [0.2, 0.25) is 5.97 Å². The van der Waals surface area contributed by atoms with Crippen molar-refractivity contribution in [3.05, 3.63) is 140 Å². The summed E-state index contributed by atoms with van der Waals surface area (Å²) in [6.45, 7) is 31.8. The van der Waals surface area contributed by atoms with Gasteiger partial charge in [0, 0.05) is 24.2 Å². The quantitative estimate of drug-likeness (QED) is 0.0801. The summed E-state index contributed by atoms with van der Waals surface area (Å²) in [6, 6.07) is 36.8. The molecule has 0 radical (unpaired) electrons. The zero-order chi connectivity index (χ0) is 63.8. The van der Waals surface area contributed by atoms with Gasteiger partial charge >= 0.3 is 333 Å². The van der Waals surface area contributed by atoms with E-state index in [9.17, 15) is 37.4 Å². The first kappa shape index (κ1) is 78.9. The zero-order valence-electron chi connectivity index (χ0n) is 54.3. The molecule has 4 aromatic carbocycles. The van der Waals surface area contributed by atoms with Gasteiger partial charge < -0.3 is 40.9 Å². The molecule has 9 nitrogen and oxygen atoms in total. The molecule has 484 valence electrons. The number of benzene rings is 4. The minimum Gasteiger partial charge on any atom is -1.00 e. The molecule has 0 heterocycles. The number of esters is 2. The topological polar surface area (TPSA) is 144 Å². The molecule has 87 heavy (non-hydrogen) atoms. The molecule has 8 fully saturated rings. The van der Waals surface area contributed by atoms with Crippen molar-refractivity contribution in [3.8, 4) is 0 Å². The number of alkyl halides is 2. The molecule has 4 aromatic rings. The van der Waals surface area contributed by atoms with Crippen LogP contribution in [0.5, 0.6) is 0 Å². The van der Waals surface area contributed by atoms with Crippen LogP contribution in [-0.4, -0.2) is 65.1 Å². The van der Waals surface area contributed by atoms with Crippen molar-refractivity contribution in [1.82, 2.24) is 0 Å². The van der Waals surface area contributed by atoms with Gasteiger partial charge in [-0.2, -0.15) is 8.78 Å². The molecule has 0 amide bonds. The molecule has 8 aliphatic rings. The number of hydrogen-bond acceptors (Lipinski definition) is 9. The van der Waals surface area contributed by atoms with Crippen LogP contribution in [0.4, 0.5) is 17.6 Å². The predicted molar refractivity (Wildman–Crippen MR) is 319 cm³/mol. The molecule has 8 aliphatic carbocycles. The van der Waals surface area contributed by atoms with Crippen molar-refractivity contribution >= 4 is 22.5 Å². The summed E-state index contributed by atoms with van der Waals surface area (Å²) in [5, 5.41) is 21.0. The van der Waals surface area contributed by atoms with E-state index in [1.165, 1.54) is 36.5 Å². The van der Waals surface area contributed by atoms with Crippen LogP contribution in [0.2, 0.25) is 0 Å². The number of hydrogen-bond donors (Lipinski definition) is 2. The zero-order valence-corrected chi connectivity index (χ0v) is 62.1. The average Bonchev–Trinajstić information content (AvgIpc) is 0.789. The molecule has 0 aliphatic heterocycles. The Balaban J connectivity index is 0.000000292. The molecule has 4 atom stereocenters. The van der Waals surface area contributed by atoms with E-state index in [4.69, 9.17) is 22.1 Å². The first-order valence-corrected chi connectivity index (χ1v) is 35.3. The summed E-state index contributed by atoms with van der Waals surface area (Å²) in [4.78, 5) is 22.0. The van der Waals surface area contributed by atoms with E-state index in [1.54, 1.807) is 0 Å². The van der Waals surface area contributed by atoms with Crippen LogP contribution in [0.1, 0.15) is 203 Å². The number of halogens is 7. The average molecular weight is 1490 g/mol. The Morgan fingerprint density at radius 1 is 0.494 bits per heavy atom. The third-order valence-corrected chi connectivity index (χ3v) is 22.5. The van der Waals surface area contributed by atoms with Gasteiger partial charge in [-0.25, -0.2) is 4.79 Å². The largest absolute Gasteiger partial charge is 1.00 e. The fourth-order valence-electron chi connectivity index (χ4n) is 14.1. The Kier molecular flexibility index (Phi) is 29.1. The first-order valence-electron chi connectivity index (χ1n) is 30.0. The Morgan fingerprint density at radius 3 is 0.920 bits per heavy atom. The smallest absolute Gasteiger partial charge is 1.00 e. The van der Waals surface area contributed by atoms with Crippen molar-refractivity contribution in [2.75, 3.05) is 13.2 Å². The van der Waals surface area contributed by atoms with Crippen LogP contribution in [0.25, 0.3) is 0 Å². The van der Waals surface area contributed by atoms with E-state index in [1.807, 2.05) is 13.8 Å². The standard InChI is InChI=1S/2C20H26I.C14H20F2O3.C13H17F2O3.C2H6.ClH.Na.O3S/c2*1-19(2,3)15-7-11-17(12-8-15)21-18-13-9-16(10-14-18)20(4,5)6;1-12(15,16)11(17)19-8-13-3-9-2-10(4-13)6-14(18,5-9)7-13;14-10(15)11(16)18-7-12-2-8-1-9(3-12)5-13(17,4-8)6-12;1-2;;;1-4(2)3/h2*7-14H,1-6H3;9-10,18H,2-8H2,1H3;8-9,17H,1-7H2;1-2H3;1H;;/q2*-1;;-1;;;+1;/p-1. The van der Waals surface area contributed by atoms with Crippen LogP contribution in [0.3, 0.4) is 0 Å². The molecular weight excluding hydrogens is 1390 g/mol. The molecule has 8 saturated carbocycles. The normalized spacial score (nSPS) is 25.5. The van der Waals surface area contributed by atoms with Gasteiger partial charge in [0.15, 0.2) is 0 Å². The van der Waals surface area contributed by atoms with Crippen molar-refractivity contribution in [2.45, 2.75) is 220 Å². The molecule has 0 saturated heterocycles. The summed E-state index contributed by atoms with van der Waals surface area (Å²) in [5.74, 6) is -4.53. The van der Waals surface area contributed by atoms with Crippen LogP contribution in [0, 0.1) is 55.2 Å². The maximum atomic E-state index is 12.8. The van der Waals surface area contributed by atoms with Gasteiger partial charge in [-0.3, -0.25) is 4.79 Å². The maximum Gasteiger partial charge on any atom is 1.00 e. The number of rotatable bonds is 10. The molecule has 12 rings (SSSR count). The van der Waals surface area contributed by atoms with Gasteiger partial charge in [0.05, 0.1) is 24.4 Å². The first-order chi connectivity index (χ1) is 39.1. The van der Waals surface area contributed by atoms with Crippen LogP contribution in [-0.2, 0) is 51.3 Å². The Labute approximate surface area is 568 Å². The third-order valence-electron chi connectivity index (χ3n) is 17.1. The Morgan fingerprint density at radius 2 is 0.724 bits per heavy atom. The van der Waals surface area contributed by atoms with Crippen LogP contribution < -0.4 is 84.4 Å². The van der Waals surface area contributed by atoms with E-state index in [-0.39, 0.29) is 130 Å². The van der Waals surface area contributed by atoms with E-state index in [0.717, 1.165) is 64.2 Å². The van der Waals surface area contributed by atoms with E-state index in [2.05, 4.69) is 180 Å². The summed E-state index contributed by atoms with van der Waals surface area (Å²) < 4.78 is 90.6. The Bertz CT molecular complexity index is 2680. The second kappa shape index (κ2) is 32.0. The van der Waals surface area contributed by atoms with Crippen LogP contribution in [0.15, 0.2) is 97.1 Å². The van der Waals surface area contributed by atoms with Crippen molar-refractivity contribution in [1.29, 1.82) is 0 Å². The SMILES string of the molecule is CC.CC(C)(C)c1ccc([I-]c2ccc(C(C)(C)C)cc2)cc1.CC(C)(C)c1ccc([I-]c2ccc(C(C)(C)C)cc2)cc1.CC(F)(F)C(=O)OCC12CC3CC(CC(O)(C3)C1)C2.O=C(OCC12CC3CC(CC(O)(C3)C1)C2)[C-](F)F.O=S(=O)=O.[Cl-].[Na+]. The number of carbonyl (C=O) groups excluding carboxylic acids is 2. The van der Waals surface area contributed by atoms with Gasteiger partial charge in [0.1, 0.15) is 0 Å². The predicted octanol–water partition coefficient (Wildman–Crippen LogP) is 3.66. The number of aliphatic hydroxyl groups is 2. The fraction of sp³-hybridized carbons (Fsp3) is 0.609. The monoisotopic (exact) mass is 1490 g/mol. The molecule has 18 heteroatoms. The second-order valence-electron chi connectivity index (χ2n) is 29.1. The van der Waals surface area contributed by atoms with E-state index >= 15 is 0 Å². The van der Waals surface area contributed by atoms with Gasteiger partial charge in [-0.15, -0.1) is 12.6 Å².